The number of methoxy groups -OCH3 is 2. The van der Waals surface area contributed by atoms with Crippen LogP contribution in [0.5, 0.6) is 17.2 Å². The van der Waals surface area contributed by atoms with Crippen molar-refractivity contribution < 1.29 is 19.3 Å². The minimum Gasteiger partial charge on any atom is -0.493 e. The van der Waals surface area contributed by atoms with E-state index in [1.165, 1.54) is 18.4 Å². The molecule has 4 rings (SSSR count). The Morgan fingerprint density at radius 3 is 2.36 bits per heavy atom. The first-order chi connectivity index (χ1) is 16.1. The van der Waals surface area contributed by atoms with E-state index in [0.717, 1.165) is 37.6 Å². The lowest BCUT2D eigenvalue weighted by Gasteiger charge is -2.41. The highest BCUT2D eigenvalue weighted by Gasteiger charge is 2.39. The summed E-state index contributed by atoms with van der Waals surface area (Å²) in [4.78, 5) is 5.02. The second-order valence-corrected chi connectivity index (χ2v) is 8.88. The van der Waals surface area contributed by atoms with Crippen molar-refractivity contribution in [3.8, 4) is 23.3 Å². The van der Waals surface area contributed by atoms with Crippen LogP contribution in [0.3, 0.4) is 0 Å². The zero-order valence-electron chi connectivity index (χ0n) is 19.4. The highest BCUT2D eigenvalue weighted by molar-refractivity contribution is 5.43. The van der Waals surface area contributed by atoms with E-state index >= 15 is 0 Å². The fourth-order valence-corrected chi connectivity index (χ4v) is 5.05. The summed E-state index contributed by atoms with van der Waals surface area (Å²) in [6.07, 6.45) is 2.86. The van der Waals surface area contributed by atoms with E-state index in [2.05, 4.69) is 28.0 Å². The lowest BCUT2D eigenvalue weighted by Crippen LogP contribution is -2.55. The lowest BCUT2D eigenvalue weighted by molar-refractivity contribution is 0.0202. The van der Waals surface area contributed by atoms with Gasteiger partial charge in [0.1, 0.15) is 18.5 Å². The highest BCUT2D eigenvalue weighted by atomic mass is 16.5. The minimum absolute atomic E-state index is 0.251. The summed E-state index contributed by atoms with van der Waals surface area (Å²) in [6.45, 7) is 3.86. The van der Waals surface area contributed by atoms with Gasteiger partial charge < -0.3 is 19.3 Å². The van der Waals surface area contributed by atoms with Crippen molar-refractivity contribution in [2.24, 2.45) is 0 Å². The molecule has 2 aromatic rings. The van der Waals surface area contributed by atoms with Crippen LogP contribution in [0, 0.1) is 11.3 Å². The van der Waals surface area contributed by atoms with Crippen LogP contribution in [0.1, 0.15) is 24.0 Å². The van der Waals surface area contributed by atoms with Gasteiger partial charge in [0.2, 0.25) is 0 Å². The highest BCUT2D eigenvalue weighted by Crippen LogP contribution is 2.32. The molecule has 2 bridgehead atoms. The van der Waals surface area contributed by atoms with Crippen molar-refractivity contribution in [1.82, 2.24) is 9.80 Å². The van der Waals surface area contributed by atoms with Gasteiger partial charge in [-0.3, -0.25) is 9.80 Å². The zero-order valence-corrected chi connectivity index (χ0v) is 19.4. The van der Waals surface area contributed by atoms with Crippen LogP contribution < -0.4 is 14.2 Å². The van der Waals surface area contributed by atoms with Crippen LogP contribution in [-0.4, -0.2) is 80.1 Å². The van der Waals surface area contributed by atoms with Gasteiger partial charge in [0.05, 0.1) is 25.9 Å². The molecule has 0 radical (unpaired) electrons. The van der Waals surface area contributed by atoms with E-state index in [0.29, 0.717) is 29.9 Å². The van der Waals surface area contributed by atoms with Gasteiger partial charge in [-0.25, -0.2) is 0 Å². The summed E-state index contributed by atoms with van der Waals surface area (Å²) in [5.41, 5.74) is 1.85. The number of benzene rings is 2. The van der Waals surface area contributed by atoms with E-state index in [4.69, 9.17) is 19.5 Å². The van der Waals surface area contributed by atoms with Gasteiger partial charge in [-0.1, -0.05) is 6.07 Å². The fourth-order valence-electron chi connectivity index (χ4n) is 5.05. The second kappa shape index (κ2) is 10.9. The van der Waals surface area contributed by atoms with E-state index in [9.17, 15) is 5.11 Å². The normalized spacial score (nSPS) is 21.4. The largest absolute Gasteiger partial charge is 0.493 e. The van der Waals surface area contributed by atoms with Crippen molar-refractivity contribution >= 4 is 0 Å². The van der Waals surface area contributed by atoms with E-state index < -0.39 is 6.10 Å². The molecule has 2 saturated heterocycles. The third-order valence-electron chi connectivity index (χ3n) is 6.71. The number of piperazine rings is 1. The molecule has 7 heteroatoms. The van der Waals surface area contributed by atoms with Gasteiger partial charge in [-0.2, -0.15) is 5.26 Å². The summed E-state index contributed by atoms with van der Waals surface area (Å²) in [5, 5.41) is 19.4. The van der Waals surface area contributed by atoms with Gasteiger partial charge >= 0.3 is 0 Å². The summed E-state index contributed by atoms with van der Waals surface area (Å²) in [7, 11) is 3.33. The lowest BCUT2D eigenvalue weighted by atomic mass is 10.1. The fraction of sp³-hybridized carbons (Fsp3) is 0.500. The van der Waals surface area contributed by atoms with Crippen molar-refractivity contribution in [2.75, 3.05) is 47.0 Å². The molecule has 2 aromatic carbocycles. The molecule has 3 atom stereocenters. The maximum atomic E-state index is 10.5. The molecule has 0 aliphatic carbocycles. The van der Waals surface area contributed by atoms with Crippen LogP contribution in [0.15, 0.2) is 42.5 Å². The number of nitriles is 1. The third kappa shape index (κ3) is 5.77. The Balaban J connectivity index is 1.24. The molecule has 2 heterocycles. The Hall–Kier alpha value is -2.79. The van der Waals surface area contributed by atoms with Crippen molar-refractivity contribution in [3.63, 3.8) is 0 Å². The number of β-amino-alcohol motifs (C(OH)–C–C–N with tert-alkyl or cyclic N) is 1. The molecule has 0 saturated carbocycles. The molecule has 1 N–H and O–H groups in total. The molecule has 2 fully saturated rings. The first kappa shape index (κ1) is 23.4. The first-order valence-corrected chi connectivity index (χ1v) is 11.6. The monoisotopic (exact) mass is 451 g/mol. The molecule has 176 valence electrons. The number of aliphatic hydroxyl groups excluding tert-OH is 1. The molecule has 0 amide bonds. The number of hydrogen-bond acceptors (Lipinski definition) is 7. The summed E-state index contributed by atoms with van der Waals surface area (Å²) in [5.74, 6) is 2.21. The summed E-state index contributed by atoms with van der Waals surface area (Å²) < 4.78 is 16.5. The van der Waals surface area contributed by atoms with Gasteiger partial charge in [-0.05, 0) is 61.2 Å². The second-order valence-electron chi connectivity index (χ2n) is 8.88. The Kier molecular flexibility index (Phi) is 7.71. The smallest absolute Gasteiger partial charge is 0.160 e. The molecule has 2 aliphatic heterocycles. The quantitative estimate of drug-likeness (QED) is 0.595. The molecule has 0 spiro atoms. The molecule has 0 aromatic heterocycles. The van der Waals surface area contributed by atoms with Crippen LogP contribution in [0.2, 0.25) is 0 Å². The Labute approximate surface area is 196 Å². The summed E-state index contributed by atoms with van der Waals surface area (Å²) in [6, 6.07) is 16.3. The van der Waals surface area contributed by atoms with Crippen molar-refractivity contribution in [3.05, 3.63) is 53.6 Å². The number of fused-ring (bicyclic) bond motifs is 2. The van der Waals surface area contributed by atoms with Crippen molar-refractivity contribution in [2.45, 2.75) is 37.5 Å². The van der Waals surface area contributed by atoms with Gasteiger partial charge in [0.25, 0.3) is 0 Å². The number of likely N-dealkylation sites (tertiary alicyclic amines) is 1. The number of hydrogen-bond donors (Lipinski definition) is 1. The Bertz CT molecular complexity index is 945. The zero-order chi connectivity index (χ0) is 23.2. The van der Waals surface area contributed by atoms with Crippen LogP contribution >= 0.6 is 0 Å². The molecule has 3 unspecified atom stereocenters. The maximum absolute atomic E-state index is 10.5. The standard InChI is InChI=1S/C26H33N3O4/c1-31-25-10-5-19(13-26(25)32-2)11-12-29-21-6-7-22(29)16-28(15-21)17-23(30)18-33-24-8-3-20(14-27)4-9-24/h3-5,8-10,13,21-23,30H,6-7,11-12,15-18H2,1-2H3. The van der Waals surface area contributed by atoms with E-state index in [-0.39, 0.29) is 6.61 Å². The topological polar surface area (TPSA) is 78.2 Å². The minimum atomic E-state index is -0.543. The van der Waals surface area contributed by atoms with Gasteiger partial charge in [-0.15, -0.1) is 0 Å². The maximum Gasteiger partial charge on any atom is 0.160 e. The Morgan fingerprint density at radius 1 is 1.03 bits per heavy atom. The van der Waals surface area contributed by atoms with E-state index in [1.807, 2.05) is 6.07 Å². The molecule has 2 aliphatic rings. The van der Waals surface area contributed by atoms with Crippen LogP contribution in [-0.2, 0) is 6.42 Å². The van der Waals surface area contributed by atoms with Gasteiger partial charge in [0, 0.05) is 38.3 Å². The number of nitrogens with zero attached hydrogens (tertiary/aromatic N) is 3. The number of rotatable bonds is 10. The Morgan fingerprint density at radius 2 is 1.73 bits per heavy atom. The first-order valence-electron chi connectivity index (χ1n) is 11.6. The van der Waals surface area contributed by atoms with Crippen LogP contribution in [0.4, 0.5) is 0 Å². The van der Waals surface area contributed by atoms with Crippen molar-refractivity contribution in [1.29, 1.82) is 5.26 Å². The predicted molar refractivity (Wildman–Crippen MR) is 126 cm³/mol. The SMILES string of the molecule is COc1ccc(CCN2C3CCC2CN(CC(O)COc2ccc(C#N)cc2)C3)cc1OC. The summed E-state index contributed by atoms with van der Waals surface area (Å²) >= 11 is 0. The molecule has 33 heavy (non-hydrogen) atoms. The van der Waals surface area contributed by atoms with Gasteiger partial charge in [0.15, 0.2) is 11.5 Å². The number of ether oxygens (including phenoxy) is 3. The van der Waals surface area contributed by atoms with E-state index in [1.54, 1.807) is 38.5 Å². The predicted octanol–water partition coefficient (Wildman–Crippen LogP) is 2.71. The van der Waals surface area contributed by atoms with Crippen LogP contribution in [0.25, 0.3) is 0 Å². The number of aliphatic hydroxyl groups is 1. The average Bonchev–Trinajstić information content (AvgIpc) is 3.09. The molecular formula is C26H33N3O4. The molecule has 7 nitrogen and oxygen atoms in total. The average molecular weight is 452 g/mol. The molecular weight excluding hydrogens is 418 g/mol. The third-order valence-corrected chi connectivity index (χ3v) is 6.71.